The molecule has 0 unspecified atom stereocenters. The van der Waals surface area contributed by atoms with E-state index in [0.29, 0.717) is 24.3 Å². The first-order valence-corrected chi connectivity index (χ1v) is 9.57. The minimum absolute atomic E-state index is 0.00629. The number of nitrogens with zero attached hydrogens (tertiary/aromatic N) is 1. The zero-order valence-corrected chi connectivity index (χ0v) is 16.5. The van der Waals surface area contributed by atoms with Gasteiger partial charge < -0.3 is 20.1 Å². The van der Waals surface area contributed by atoms with Gasteiger partial charge in [0.2, 0.25) is 11.8 Å². The normalized spacial score (nSPS) is 13.2. The molecule has 0 fully saturated rings. The lowest BCUT2D eigenvalue weighted by Gasteiger charge is -2.29. The molecule has 1 aliphatic rings. The second-order valence-electron chi connectivity index (χ2n) is 7.15. The molecule has 0 radical (unpaired) electrons. The minimum atomic E-state index is -1.09. The second-order valence-corrected chi connectivity index (χ2v) is 7.15. The number of carboxylic acids is 1. The van der Waals surface area contributed by atoms with Gasteiger partial charge in [-0.15, -0.1) is 0 Å². The summed E-state index contributed by atoms with van der Waals surface area (Å²) in [5, 5.41) is 11.9. The van der Waals surface area contributed by atoms with Crippen molar-refractivity contribution in [2.75, 3.05) is 16.8 Å². The number of anilines is 2. The number of hydrogen-bond donors (Lipinski definition) is 2. The van der Waals surface area contributed by atoms with Gasteiger partial charge in [-0.05, 0) is 50.1 Å². The van der Waals surface area contributed by atoms with Crippen LogP contribution in [-0.4, -0.2) is 35.5 Å². The van der Waals surface area contributed by atoms with Crippen LogP contribution >= 0.6 is 0 Å². The molecule has 29 heavy (non-hydrogen) atoms. The first-order valence-electron chi connectivity index (χ1n) is 9.57. The van der Waals surface area contributed by atoms with Gasteiger partial charge in [0, 0.05) is 25.1 Å². The van der Waals surface area contributed by atoms with Crippen LogP contribution < -0.4 is 15.0 Å². The maximum absolute atomic E-state index is 12.5. The fraction of sp³-hybridized carbons (Fsp3) is 0.318. The van der Waals surface area contributed by atoms with E-state index in [0.717, 1.165) is 11.3 Å². The highest BCUT2D eigenvalue weighted by atomic mass is 16.5. The predicted molar refractivity (Wildman–Crippen MR) is 110 cm³/mol. The third-order valence-electron chi connectivity index (χ3n) is 4.62. The molecule has 2 aromatic carbocycles. The van der Waals surface area contributed by atoms with Gasteiger partial charge in [0.05, 0.1) is 17.4 Å². The van der Waals surface area contributed by atoms with E-state index in [-0.39, 0.29) is 36.4 Å². The van der Waals surface area contributed by atoms with Crippen LogP contribution in [0.15, 0.2) is 42.5 Å². The maximum Gasteiger partial charge on any atom is 0.335 e. The lowest BCUT2D eigenvalue weighted by Crippen LogP contribution is -2.37. The molecule has 0 atom stereocenters. The molecule has 0 saturated heterocycles. The Labute approximate surface area is 169 Å². The number of carbonyl (C=O) groups is 3. The van der Waals surface area contributed by atoms with Crippen LogP contribution in [0, 0.1) is 0 Å². The molecular formula is C22H24N2O5. The summed E-state index contributed by atoms with van der Waals surface area (Å²) in [6.45, 7) is 3.94. The number of para-hydroxylation sites is 1. The summed E-state index contributed by atoms with van der Waals surface area (Å²) in [5.41, 5.74) is 2.29. The van der Waals surface area contributed by atoms with Crippen molar-refractivity contribution in [2.45, 2.75) is 39.2 Å². The fourth-order valence-corrected chi connectivity index (χ4v) is 3.29. The Hall–Kier alpha value is -3.35. The maximum atomic E-state index is 12.5. The third kappa shape index (κ3) is 4.93. The molecule has 0 spiro atoms. The van der Waals surface area contributed by atoms with Crippen LogP contribution in [0.1, 0.15) is 42.6 Å². The van der Waals surface area contributed by atoms with Gasteiger partial charge in [0.1, 0.15) is 5.75 Å². The Kier molecular flexibility index (Phi) is 6.16. The Morgan fingerprint density at radius 3 is 2.66 bits per heavy atom. The molecule has 2 N–H and O–H groups in total. The molecule has 7 nitrogen and oxygen atoms in total. The van der Waals surface area contributed by atoms with E-state index < -0.39 is 5.97 Å². The molecule has 7 heteroatoms. The average molecular weight is 396 g/mol. The Balaban J connectivity index is 1.72. The lowest BCUT2D eigenvalue weighted by atomic mass is 10.0. The summed E-state index contributed by atoms with van der Waals surface area (Å²) in [5.74, 6) is -1.02. The van der Waals surface area contributed by atoms with Gasteiger partial charge in [-0.2, -0.15) is 0 Å². The highest BCUT2D eigenvalue weighted by Gasteiger charge is 2.24. The number of carbonyl (C=O) groups excluding carboxylic acids is 2. The highest BCUT2D eigenvalue weighted by molar-refractivity contribution is 5.99. The standard InChI is InChI=1S/C22H24N2O5/c1-14(2)29-19-9-7-16(22(27)28)13-17(19)23-20(25)11-12-24-18-6-4-3-5-15(18)8-10-21(24)26/h3-7,9,13-14H,8,10-12H2,1-2H3,(H,23,25)(H,27,28). The SMILES string of the molecule is CC(C)Oc1ccc(C(=O)O)cc1NC(=O)CCN1C(=O)CCc2ccccc21. The second kappa shape index (κ2) is 8.77. The molecule has 152 valence electrons. The van der Waals surface area contributed by atoms with Crippen molar-refractivity contribution < 1.29 is 24.2 Å². The van der Waals surface area contributed by atoms with Crippen molar-refractivity contribution in [3.8, 4) is 5.75 Å². The molecule has 0 bridgehead atoms. The molecular weight excluding hydrogens is 372 g/mol. The number of ether oxygens (including phenoxy) is 1. The van der Waals surface area contributed by atoms with Crippen molar-refractivity contribution in [2.24, 2.45) is 0 Å². The van der Waals surface area contributed by atoms with Crippen LogP contribution in [-0.2, 0) is 16.0 Å². The summed E-state index contributed by atoms with van der Waals surface area (Å²) in [6, 6.07) is 12.0. The zero-order chi connectivity index (χ0) is 21.0. The van der Waals surface area contributed by atoms with Crippen LogP contribution in [0.3, 0.4) is 0 Å². The van der Waals surface area contributed by atoms with Crippen molar-refractivity contribution in [1.82, 2.24) is 0 Å². The molecule has 3 rings (SSSR count). The molecule has 0 aromatic heterocycles. The van der Waals surface area contributed by atoms with Gasteiger partial charge in [-0.3, -0.25) is 9.59 Å². The Morgan fingerprint density at radius 2 is 1.93 bits per heavy atom. The van der Waals surface area contributed by atoms with Gasteiger partial charge in [-0.25, -0.2) is 4.79 Å². The number of benzene rings is 2. The summed E-state index contributed by atoms with van der Waals surface area (Å²) in [6.07, 6.45) is 1.07. The van der Waals surface area contributed by atoms with E-state index in [2.05, 4.69) is 5.32 Å². The first kappa shape index (κ1) is 20.4. The lowest BCUT2D eigenvalue weighted by molar-refractivity contribution is -0.119. The number of carboxylic acid groups (broad SMARTS) is 1. The van der Waals surface area contributed by atoms with Crippen LogP contribution in [0.5, 0.6) is 5.75 Å². The quantitative estimate of drug-likeness (QED) is 0.747. The van der Waals surface area contributed by atoms with Crippen LogP contribution in [0.25, 0.3) is 0 Å². The van der Waals surface area contributed by atoms with Gasteiger partial charge in [-0.1, -0.05) is 18.2 Å². The average Bonchev–Trinajstić information content (AvgIpc) is 2.68. The topological polar surface area (TPSA) is 95.9 Å². The van der Waals surface area contributed by atoms with E-state index >= 15 is 0 Å². The van der Waals surface area contributed by atoms with Gasteiger partial charge >= 0.3 is 5.97 Å². The summed E-state index contributed by atoms with van der Waals surface area (Å²) in [4.78, 5) is 37.8. The van der Waals surface area contributed by atoms with E-state index in [4.69, 9.17) is 4.74 Å². The molecule has 2 aromatic rings. The van der Waals surface area contributed by atoms with E-state index in [1.807, 2.05) is 38.1 Å². The third-order valence-corrected chi connectivity index (χ3v) is 4.62. The van der Waals surface area contributed by atoms with Crippen LogP contribution in [0.4, 0.5) is 11.4 Å². The van der Waals surface area contributed by atoms with Crippen molar-refractivity contribution in [1.29, 1.82) is 0 Å². The van der Waals surface area contributed by atoms with Crippen LogP contribution in [0.2, 0.25) is 0 Å². The Morgan fingerprint density at radius 1 is 1.17 bits per heavy atom. The number of hydrogen-bond acceptors (Lipinski definition) is 4. The van der Waals surface area contributed by atoms with Crippen molar-refractivity contribution in [3.05, 3.63) is 53.6 Å². The number of aromatic carboxylic acids is 1. The molecule has 1 aliphatic heterocycles. The zero-order valence-electron chi connectivity index (χ0n) is 16.5. The van der Waals surface area contributed by atoms with E-state index in [9.17, 15) is 19.5 Å². The van der Waals surface area contributed by atoms with Crippen molar-refractivity contribution >= 4 is 29.2 Å². The Bertz CT molecular complexity index is 939. The largest absolute Gasteiger partial charge is 0.489 e. The number of amides is 2. The van der Waals surface area contributed by atoms with E-state index in [1.165, 1.54) is 18.2 Å². The number of fused-ring (bicyclic) bond motifs is 1. The smallest absolute Gasteiger partial charge is 0.335 e. The van der Waals surface area contributed by atoms with Gasteiger partial charge in [0.15, 0.2) is 0 Å². The number of aryl methyl sites for hydroxylation is 1. The first-order chi connectivity index (χ1) is 13.8. The number of rotatable bonds is 7. The van der Waals surface area contributed by atoms with Crippen molar-refractivity contribution in [3.63, 3.8) is 0 Å². The molecule has 0 aliphatic carbocycles. The van der Waals surface area contributed by atoms with E-state index in [1.54, 1.807) is 4.90 Å². The summed E-state index contributed by atoms with van der Waals surface area (Å²) >= 11 is 0. The number of nitrogens with one attached hydrogen (secondary N) is 1. The molecule has 2 amide bonds. The minimum Gasteiger partial charge on any atom is -0.489 e. The summed E-state index contributed by atoms with van der Waals surface area (Å²) in [7, 11) is 0. The highest BCUT2D eigenvalue weighted by Crippen LogP contribution is 2.29. The molecule has 1 heterocycles. The monoisotopic (exact) mass is 396 g/mol. The predicted octanol–water partition coefficient (Wildman–Crippen LogP) is 3.48. The molecule has 0 saturated carbocycles. The summed E-state index contributed by atoms with van der Waals surface area (Å²) < 4.78 is 5.67. The van der Waals surface area contributed by atoms with Gasteiger partial charge in [0.25, 0.3) is 0 Å². The fourth-order valence-electron chi connectivity index (χ4n) is 3.29.